The number of sulfone groups is 1. The van der Waals surface area contributed by atoms with Gasteiger partial charge in [-0.2, -0.15) is 0 Å². The van der Waals surface area contributed by atoms with E-state index in [1.165, 1.54) is 6.26 Å². The molecule has 5 heteroatoms. The minimum Gasteiger partial charge on any atom is -0.493 e. The highest BCUT2D eigenvalue weighted by Gasteiger charge is 2.11. The van der Waals surface area contributed by atoms with Gasteiger partial charge in [0.1, 0.15) is 15.6 Å². The van der Waals surface area contributed by atoms with E-state index in [9.17, 15) is 8.42 Å². The van der Waals surface area contributed by atoms with E-state index in [1.54, 1.807) is 0 Å². The molecule has 0 fully saturated rings. The highest BCUT2D eigenvalue weighted by molar-refractivity contribution is 7.90. The molecule has 0 saturated carbocycles. The summed E-state index contributed by atoms with van der Waals surface area (Å²) in [6.07, 6.45) is 1.74. The molecule has 0 unspecified atom stereocenters. The van der Waals surface area contributed by atoms with E-state index in [1.807, 2.05) is 19.1 Å². The summed E-state index contributed by atoms with van der Waals surface area (Å²) < 4.78 is 27.8. The van der Waals surface area contributed by atoms with Crippen LogP contribution < -0.4 is 10.5 Å². The number of anilines is 1. The number of hydrogen-bond acceptors (Lipinski definition) is 4. The molecule has 2 N–H and O–H groups in total. The van der Waals surface area contributed by atoms with E-state index >= 15 is 0 Å². The van der Waals surface area contributed by atoms with Crippen LogP contribution in [0.15, 0.2) is 12.1 Å². The Labute approximate surface area is 115 Å². The number of nitrogen functional groups attached to an aromatic ring is 1. The SMILES string of the molecule is Cc1cc(OCCCS(C)(=O)=O)c(C(C)C)cc1N. The van der Waals surface area contributed by atoms with Gasteiger partial charge in [-0.15, -0.1) is 0 Å². The van der Waals surface area contributed by atoms with Crippen molar-refractivity contribution in [3.8, 4) is 5.75 Å². The molecule has 0 amide bonds. The predicted octanol–water partition coefficient (Wildman–Crippen LogP) is 2.51. The maximum atomic E-state index is 11.0. The van der Waals surface area contributed by atoms with E-state index in [4.69, 9.17) is 10.5 Å². The second-order valence-electron chi connectivity index (χ2n) is 5.23. The Morgan fingerprint density at radius 2 is 1.95 bits per heavy atom. The lowest BCUT2D eigenvalue weighted by atomic mass is 9.99. The van der Waals surface area contributed by atoms with Gasteiger partial charge in [-0.1, -0.05) is 13.8 Å². The van der Waals surface area contributed by atoms with Gasteiger partial charge in [0.25, 0.3) is 0 Å². The van der Waals surface area contributed by atoms with Gasteiger partial charge in [0.2, 0.25) is 0 Å². The quantitative estimate of drug-likeness (QED) is 0.644. The Balaban J connectivity index is 2.74. The van der Waals surface area contributed by atoms with Crippen LogP contribution in [0.3, 0.4) is 0 Å². The van der Waals surface area contributed by atoms with Crippen LogP contribution >= 0.6 is 0 Å². The zero-order valence-electron chi connectivity index (χ0n) is 12.1. The molecule has 0 radical (unpaired) electrons. The maximum absolute atomic E-state index is 11.0. The van der Waals surface area contributed by atoms with Crippen molar-refractivity contribution in [2.75, 3.05) is 24.3 Å². The summed E-state index contributed by atoms with van der Waals surface area (Å²) >= 11 is 0. The lowest BCUT2D eigenvalue weighted by Crippen LogP contribution is -2.09. The summed E-state index contributed by atoms with van der Waals surface area (Å²) in [4.78, 5) is 0. The first-order chi connectivity index (χ1) is 8.70. The molecular formula is C14H23NO3S. The molecule has 108 valence electrons. The monoisotopic (exact) mass is 285 g/mol. The molecule has 1 aromatic rings. The third-order valence-electron chi connectivity index (χ3n) is 2.94. The molecule has 0 aromatic heterocycles. The summed E-state index contributed by atoms with van der Waals surface area (Å²) in [5.74, 6) is 1.26. The van der Waals surface area contributed by atoms with E-state index in [0.29, 0.717) is 18.9 Å². The van der Waals surface area contributed by atoms with Gasteiger partial charge in [-0.05, 0) is 42.5 Å². The first kappa shape index (κ1) is 15.8. The van der Waals surface area contributed by atoms with Gasteiger partial charge >= 0.3 is 0 Å². The fourth-order valence-corrected chi connectivity index (χ4v) is 2.44. The average Bonchev–Trinajstić information content (AvgIpc) is 2.27. The number of rotatable bonds is 6. The van der Waals surface area contributed by atoms with Crippen molar-refractivity contribution in [3.05, 3.63) is 23.3 Å². The van der Waals surface area contributed by atoms with Gasteiger partial charge in [-0.3, -0.25) is 0 Å². The van der Waals surface area contributed by atoms with Crippen LogP contribution in [0, 0.1) is 6.92 Å². The van der Waals surface area contributed by atoms with Crippen LogP contribution in [-0.4, -0.2) is 27.0 Å². The first-order valence-corrected chi connectivity index (χ1v) is 8.47. The van der Waals surface area contributed by atoms with Gasteiger partial charge in [0.15, 0.2) is 0 Å². The minimum atomic E-state index is -2.92. The molecule has 19 heavy (non-hydrogen) atoms. The standard InChI is InChI=1S/C14H23NO3S/c1-10(2)12-9-13(15)11(3)8-14(12)18-6-5-7-19(4,16)17/h8-10H,5-7,15H2,1-4H3. The summed E-state index contributed by atoms with van der Waals surface area (Å²) in [6, 6.07) is 3.86. The molecule has 0 aliphatic carbocycles. The van der Waals surface area contributed by atoms with Crippen molar-refractivity contribution < 1.29 is 13.2 Å². The molecule has 1 aromatic carbocycles. The lowest BCUT2D eigenvalue weighted by Gasteiger charge is -2.16. The van der Waals surface area contributed by atoms with Gasteiger partial charge in [0, 0.05) is 11.9 Å². The topological polar surface area (TPSA) is 69.4 Å². The Morgan fingerprint density at radius 3 is 2.47 bits per heavy atom. The van der Waals surface area contributed by atoms with Crippen molar-refractivity contribution >= 4 is 15.5 Å². The first-order valence-electron chi connectivity index (χ1n) is 6.41. The van der Waals surface area contributed by atoms with Crippen molar-refractivity contribution in [1.29, 1.82) is 0 Å². The molecule has 0 aliphatic rings. The molecule has 0 bridgehead atoms. The normalized spacial score (nSPS) is 11.8. The number of hydrogen-bond donors (Lipinski definition) is 1. The number of aryl methyl sites for hydroxylation is 1. The molecule has 4 nitrogen and oxygen atoms in total. The lowest BCUT2D eigenvalue weighted by molar-refractivity contribution is 0.313. The Bertz CT molecular complexity index is 536. The van der Waals surface area contributed by atoms with Crippen LogP contribution in [0.4, 0.5) is 5.69 Å². The predicted molar refractivity (Wildman–Crippen MR) is 79.5 cm³/mol. The zero-order valence-corrected chi connectivity index (χ0v) is 12.9. The van der Waals surface area contributed by atoms with Crippen molar-refractivity contribution in [1.82, 2.24) is 0 Å². The number of benzene rings is 1. The fourth-order valence-electron chi connectivity index (χ4n) is 1.80. The maximum Gasteiger partial charge on any atom is 0.147 e. The number of nitrogens with two attached hydrogens (primary N) is 1. The number of ether oxygens (including phenoxy) is 1. The molecule has 0 heterocycles. The molecule has 0 saturated heterocycles. The minimum absolute atomic E-state index is 0.151. The Morgan fingerprint density at radius 1 is 1.32 bits per heavy atom. The highest BCUT2D eigenvalue weighted by Crippen LogP contribution is 2.31. The van der Waals surface area contributed by atoms with E-state index in [2.05, 4.69) is 13.8 Å². The van der Waals surface area contributed by atoms with Crippen molar-refractivity contribution in [2.24, 2.45) is 0 Å². The van der Waals surface area contributed by atoms with Crippen LogP contribution in [0.2, 0.25) is 0 Å². The third kappa shape index (κ3) is 5.11. The summed E-state index contributed by atoms with van der Waals surface area (Å²) in [5.41, 5.74) is 8.69. The second kappa shape index (κ2) is 6.28. The molecular weight excluding hydrogens is 262 g/mol. The molecule has 1 rings (SSSR count). The second-order valence-corrected chi connectivity index (χ2v) is 7.49. The summed E-state index contributed by atoms with van der Waals surface area (Å²) in [6.45, 7) is 6.49. The smallest absolute Gasteiger partial charge is 0.147 e. The largest absolute Gasteiger partial charge is 0.493 e. The fraction of sp³-hybridized carbons (Fsp3) is 0.571. The van der Waals surface area contributed by atoms with Crippen molar-refractivity contribution in [2.45, 2.75) is 33.1 Å². The van der Waals surface area contributed by atoms with Gasteiger partial charge in [0.05, 0.1) is 12.4 Å². The summed E-state index contributed by atoms with van der Waals surface area (Å²) in [7, 11) is -2.92. The van der Waals surface area contributed by atoms with Gasteiger partial charge in [-0.25, -0.2) is 8.42 Å². The Hall–Kier alpha value is -1.23. The average molecular weight is 285 g/mol. The van der Waals surface area contributed by atoms with Gasteiger partial charge < -0.3 is 10.5 Å². The van der Waals surface area contributed by atoms with E-state index < -0.39 is 9.84 Å². The van der Waals surface area contributed by atoms with Crippen LogP contribution in [0.1, 0.15) is 37.3 Å². The van der Waals surface area contributed by atoms with Crippen molar-refractivity contribution in [3.63, 3.8) is 0 Å². The molecule has 0 spiro atoms. The third-order valence-corrected chi connectivity index (χ3v) is 3.97. The summed E-state index contributed by atoms with van der Waals surface area (Å²) in [5, 5.41) is 0. The van der Waals surface area contributed by atoms with E-state index in [-0.39, 0.29) is 5.75 Å². The Kier molecular flexibility index (Phi) is 5.23. The molecule has 0 atom stereocenters. The molecule has 0 aliphatic heterocycles. The van der Waals surface area contributed by atoms with E-state index in [0.717, 1.165) is 22.6 Å². The van der Waals surface area contributed by atoms with Crippen LogP contribution in [0.25, 0.3) is 0 Å². The van der Waals surface area contributed by atoms with Crippen LogP contribution in [-0.2, 0) is 9.84 Å². The highest BCUT2D eigenvalue weighted by atomic mass is 32.2. The van der Waals surface area contributed by atoms with Crippen LogP contribution in [0.5, 0.6) is 5.75 Å². The zero-order chi connectivity index (χ0) is 14.6.